The molecule has 3 aromatic carbocycles. The van der Waals surface area contributed by atoms with Gasteiger partial charge in [0.1, 0.15) is 11.4 Å². The first-order chi connectivity index (χ1) is 18.5. The lowest BCUT2D eigenvalue weighted by Gasteiger charge is -2.44. The van der Waals surface area contributed by atoms with E-state index in [1.165, 1.54) is 11.6 Å². The van der Waals surface area contributed by atoms with Gasteiger partial charge in [-0.05, 0) is 41.5 Å². The van der Waals surface area contributed by atoms with Crippen LogP contribution in [-0.4, -0.2) is 46.4 Å². The van der Waals surface area contributed by atoms with Crippen LogP contribution >= 0.6 is 0 Å². The van der Waals surface area contributed by atoms with E-state index in [1.54, 1.807) is 35.8 Å². The van der Waals surface area contributed by atoms with E-state index in [-0.39, 0.29) is 0 Å². The van der Waals surface area contributed by atoms with Gasteiger partial charge < -0.3 is 9.57 Å². The molecule has 1 fully saturated rings. The Labute approximate surface area is 221 Å². The number of carbonyl (C=O) groups is 2. The molecule has 0 unspecified atom stereocenters. The average Bonchev–Trinajstić information content (AvgIpc) is 2.97. The average molecular weight is 512 g/mol. The quantitative estimate of drug-likeness (QED) is 0.217. The number of likely N-dealkylation sites (tertiary alicyclic amines) is 1. The van der Waals surface area contributed by atoms with Crippen LogP contribution in [0.1, 0.15) is 46.3 Å². The zero-order valence-electron chi connectivity index (χ0n) is 20.9. The Balaban J connectivity index is 1.38. The van der Waals surface area contributed by atoms with Crippen molar-refractivity contribution < 1.29 is 24.4 Å². The van der Waals surface area contributed by atoms with Gasteiger partial charge in [-0.2, -0.15) is 0 Å². The number of piperidine rings is 1. The lowest BCUT2D eigenvalue weighted by atomic mass is 9.81. The summed E-state index contributed by atoms with van der Waals surface area (Å²) >= 11 is 0. The molecule has 1 spiro atoms. The summed E-state index contributed by atoms with van der Waals surface area (Å²) in [7, 11) is 0. The fourth-order valence-electron chi connectivity index (χ4n) is 4.89. The molecule has 8 heteroatoms. The molecular weight excluding hydrogens is 482 g/mol. The van der Waals surface area contributed by atoms with Crippen LogP contribution in [0.25, 0.3) is 6.08 Å². The molecule has 0 radical (unpaired) electrons. The Bertz CT molecular complexity index is 1350. The summed E-state index contributed by atoms with van der Waals surface area (Å²) in [5.41, 5.74) is 4.86. The Morgan fingerprint density at radius 1 is 1.03 bits per heavy atom. The number of amides is 1. The molecule has 2 N–H and O–H groups in total. The van der Waals surface area contributed by atoms with E-state index in [2.05, 4.69) is 34.3 Å². The molecule has 1 amide bonds. The van der Waals surface area contributed by atoms with Crippen molar-refractivity contribution in [2.45, 2.75) is 31.4 Å². The van der Waals surface area contributed by atoms with E-state index in [9.17, 15) is 9.59 Å². The van der Waals surface area contributed by atoms with Crippen molar-refractivity contribution in [1.29, 1.82) is 0 Å². The molecule has 2 aliphatic heterocycles. The van der Waals surface area contributed by atoms with E-state index in [1.807, 2.05) is 30.3 Å². The number of oxime groups is 1. The highest BCUT2D eigenvalue weighted by Crippen LogP contribution is 2.40. The minimum Gasteiger partial charge on any atom is -0.486 e. The number of ether oxygens (including phenoxy) is 1. The number of benzene rings is 3. The maximum absolute atomic E-state index is 12.6. The number of hydroxylamine groups is 1. The fraction of sp³-hybridized carbons (Fsp3) is 0.233. The highest BCUT2D eigenvalue weighted by molar-refractivity contribution is 6.05. The Morgan fingerprint density at radius 3 is 2.45 bits per heavy atom. The van der Waals surface area contributed by atoms with Crippen molar-refractivity contribution in [3.8, 4) is 5.75 Å². The van der Waals surface area contributed by atoms with Crippen molar-refractivity contribution in [3.05, 3.63) is 107 Å². The van der Waals surface area contributed by atoms with E-state index in [4.69, 9.17) is 14.8 Å². The standard InChI is InChI=1S/C30H29N3O5/c34-28(31-36)14-12-22-11-13-27-25(19-22)26(32-38-29(35)24-9-5-2-6-10-24)20-30(37-27)15-17-33(18-16-30)21-23-7-3-1-4-8-23/h1-14,19,36H,15-18,20-21H2,(H,31,34). The molecule has 0 saturated carbocycles. The monoisotopic (exact) mass is 511 g/mol. The Hall–Kier alpha value is -4.27. The second kappa shape index (κ2) is 11.4. The number of carbonyl (C=O) groups excluding carboxylic acids is 2. The largest absolute Gasteiger partial charge is 0.486 e. The van der Waals surface area contributed by atoms with Crippen molar-refractivity contribution in [2.75, 3.05) is 13.1 Å². The fourth-order valence-corrected chi connectivity index (χ4v) is 4.89. The zero-order valence-corrected chi connectivity index (χ0v) is 20.9. The van der Waals surface area contributed by atoms with Crippen molar-refractivity contribution in [2.24, 2.45) is 5.16 Å². The van der Waals surface area contributed by atoms with Gasteiger partial charge in [0, 0.05) is 50.5 Å². The normalized spacial score (nSPS) is 17.7. The van der Waals surface area contributed by atoms with Gasteiger partial charge >= 0.3 is 5.97 Å². The van der Waals surface area contributed by atoms with Crippen LogP contribution in [0.15, 0.2) is 90.1 Å². The first-order valence-electron chi connectivity index (χ1n) is 12.6. The molecule has 0 aliphatic carbocycles. The van der Waals surface area contributed by atoms with Crippen LogP contribution in [0, 0.1) is 0 Å². The van der Waals surface area contributed by atoms with Crippen LogP contribution in [-0.2, 0) is 16.2 Å². The molecule has 5 rings (SSSR count). The smallest absolute Gasteiger partial charge is 0.365 e. The second-order valence-electron chi connectivity index (χ2n) is 9.57. The van der Waals surface area contributed by atoms with Crippen LogP contribution in [0.2, 0.25) is 0 Å². The van der Waals surface area contributed by atoms with Gasteiger partial charge in [-0.3, -0.25) is 14.9 Å². The summed E-state index contributed by atoms with van der Waals surface area (Å²) in [6, 6.07) is 24.7. The summed E-state index contributed by atoms with van der Waals surface area (Å²) in [5, 5.41) is 13.1. The van der Waals surface area contributed by atoms with Gasteiger partial charge in [-0.25, -0.2) is 10.3 Å². The van der Waals surface area contributed by atoms with Gasteiger partial charge in [0.05, 0.1) is 11.3 Å². The number of nitrogens with zero attached hydrogens (tertiary/aromatic N) is 2. The highest BCUT2D eigenvalue weighted by atomic mass is 16.7. The van der Waals surface area contributed by atoms with Crippen molar-refractivity contribution in [1.82, 2.24) is 10.4 Å². The maximum Gasteiger partial charge on any atom is 0.365 e. The maximum atomic E-state index is 12.6. The van der Waals surface area contributed by atoms with Crippen LogP contribution in [0.3, 0.4) is 0 Å². The minimum atomic E-state index is -0.633. The van der Waals surface area contributed by atoms with Crippen molar-refractivity contribution >= 4 is 23.7 Å². The van der Waals surface area contributed by atoms with E-state index >= 15 is 0 Å². The second-order valence-corrected chi connectivity index (χ2v) is 9.57. The lowest BCUT2D eigenvalue weighted by Crippen LogP contribution is -2.50. The van der Waals surface area contributed by atoms with Gasteiger partial charge in [0.2, 0.25) is 0 Å². The summed E-state index contributed by atoms with van der Waals surface area (Å²) in [6.07, 6.45) is 4.91. The third kappa shape index (κ3) is 5.99. The summed E-state index contributed by atoms with van der Waals surface area (Å²) in [4.78, 5) is 31.9. The van der Waals surface area contributed by atoms with Gasteiger partial charge in [0.15, 0.2) is 0 Å². The molecule has 38 heavy (non-hydrogen) atoms. The Morgan fingerprint density at radius 2 is 1.74 bits per heavy atom. The number of nitrogens with one attached hydrogen (secondary N) is 1. The molecule has 0 bridgehead atoms. The predicted octanol–water partition coefficient (Wildman–Crippen LogP) is 4.58. The number of fused-ring (bicyclic) bond motifs is 1. The van der Waals surface area contributed by atoms with Crippen molar-refractivity contribution in [3.63, 3.8) is 0 Å². The molecule has 1 saturated heterocycles. The molecule has 0 aromatic heterocycles. The molecular formula is C30H29N3O5. The SMILES string of the molecule is O=C(C=Cc1ccc2c(c1)C(=NOC(=O)c1ccccc1)CC1(CCN(Cc3ccccc3)CC1)O2)NO. The predicted molar refractivity (Wildman–Crippen MR) is 143 cm³/mol. The number of rotatable bonds is 6. The van der Waals surface area contributed by atoms with Gasteiger partial charge in [-0.15, -0.1) is 0 Å². The van der Waals surface area contributed by atoms with Crippen LogP contribution in [0.5, 0.6) is 5.75 Å². The Kier molecular flexibility index (Phi) is 7.62. The lowest BCUT2D eigenvalue weighted by molar-refractivity contribution is -0.124. The van der Waals surface area contributed by atoms with Crippen LogP contribution in [0.4, 0.5) is 0 Å². The van der Waals surface area contributed by atoms with Gasteiger partial charge in [0.25, 0.3) is 5.91 Å². The topological polar surface area (TPSA) is 100 Å². The minimum absolute atomic E-state index is 0.416. The summed E-state index contributed by atoms with van der Waals surface area (Å²) in [6.45, 7) is 2.64. The van der Waals surface area contributed by atoms with E-state index < -0.39 is 17.5 Å². The van der Waals surface area contributed by atoms with E-state index in [0.717, 1.165) is 32.5 Å². The number of hydrogen-bond acceptors (Lipinski definition) is 7. The summed E-state index contributed by atoms with van der Waals surface area (Å²) in [5.74, 6) is -0.509. The molecule has 3 aromatic rings. The molecule has 2 heterocycles. The highest BCUT2D eigenvalue weighted by Gasteiger charge is 2.42. The first-order valence-corrected chi connectivity index (χ1v) is 12.6. The van der Waals surface area contributed by atoms with Crippen LogP contribution < -0.4 is 10.2 Å². The third-order valence-corrected chi connectivity index (χ3v) is 6.93. The molecule has 0 atom stereocenters. The molecule has 2 aliphatic rings. The van der Waals surface area contributed by atoms with E-state index in [0.29, 0.717) is 34.6 Å². The third-order valence-electron chi connectivity index (χ3n) is 6.93. The summed E-state index contributed by atoms with van der Waals surface area (Å²) < 4.78 is 6.59. The molecule has 8 nitrogen and oxygen atoms in total. The zero-order chi connectivity index (χ0) is 26.4. The van der Waals surface area contributed by atoms with Gasteiger partial charge in [-0.1, -0.05) is 59.8 Å². The molecule has 194 valence electrons. The first kappa shape index (κ1) is 25.4. The number of hydrogen-bond donors (Lipinski definition) is 2.